The van der Waals surface area contributed by atoms with Crippen LogP contribution >= 0.6 is 11.8 Å². The van der Waals surface area contributed by atoms with Gasteiger partial charge in [-0.15, -0.1) is 0 Å². The van der Waals surface area contributed by atoms with Gasteiger partial charge in [0.25, 0.3) is 0 Å². The summed E-state index contributed by atoms with van der Waals surface area (Å²) < 4.78 is 2.61. The summed E-state index contributed by atoms with van der Waals surface area (Å²) in [6, 6.07) is 9.69. The van der Waals surface area contributed by atoms with E-state index in [2.05, 4.69) is 53.4 Å². The Labute approximate surface area is 166 Å². The molecule has 3 atom stereocenters. The highest BCUT2D eigenvalue weighted by Crippen LogP contribution is 2.49. The van der Waals surface area contributed by atoms with E-state index in [1.165, 1.54) is 47.8 Å². The van der Waals surface area contributed by atoms with Crippen LogP contribution in [-0.4, -0.2) is 31.4 Å². The van der Waals surface area contributed by atoms with Crippen molar-refractivity contribution in [3.05, 3.63) is 53.1 Å². The van der Waals surface area contributed by atoms with Crippen LogP contribution in [-0.2, 0) is 0 Å². The number of hydrogen-bond acceptors (Lipinski definition) is 4. The number of aliphatic imine (C=N–C) groups is 1. The van der Waals surface area contributed by atoms with Gasteiger partial charge in [0.2, 0.25) is 0 Å². The molecule has 0 radical (unpaired) electrons. The number of hydrogen-bond donors (Lipinski definition) is 0. The van der Waals surface area contributed by atoms with Crippen LogP contribution in [0.15, 0.2) is 35.5 Å². The third kappa shape index (κ3) is 2.82. The minimum absolute atomic E-state index is 0.0960. The van der Waals surface area contributed by atoms with Crippen molar-refractivity contribution >= 4 is 16.9 Å². The Hall–Kier alpha value is -1.75. The molecule has 1 saturated heterocycles. The largest absolute Gasteiger partial charge is 0.346 e. The summed E-state index contributed by atoms with van der Waals surface area (Å²) in [6.07, 6.45) is 7.27. The standard InChI is InChI=1S/C22H28N4S/c1-14-12-18(16(3)26(14)17-8-4-5-9-17)21-20(19-10-6-7-11-23-19)24-22-25(21)13-15(2)27-22/h6-7,10-12,15,17,20-21H,4-5,8-9,13H2,1-3H3/t15-,20-,21-/m0/s1. The maximum absolute atomic E-state index is 5.14. The van der Waals surface area contributed by atoms with Crippen molar-refractivity contribution in [2.24, 2.45) is 4.99 Å². The van der Waals surface area contributed by atoms with E-state index in [0.29, 0.717) is 11.3 Å². The Morgan fingerprint density at radius 1 is 1.15 bits per heavy atom. The predicted octanol–water partition coefficient (Wildman–Crippen LogP) is 5.20. The molecule has 1 aliphatic carbocycles. The lowest BCUT2D eigenvalue weighted by atomic mass is 9.96. The van der Waals surface area contributed by atoms with E-state index in [0.717, 1.165) is 12.2 Å². The van der Waals surface area contributed by atoms with Crippen molar-refractivity contribution in [1.82, 2.24) is 14.5 Å². The van der Waals surface area contributed by atoms with Crippen LogP contribution in [0.25, 0.3) is 0 Å². The van der Waals surface area contributed by atoms with E-state index in [4.69, 9.17) is 4.99 Å². The van der Waals surface area contributed by atoms with Crippen LogP contribution in [0, 0.1) is 13.8 Å². The summed E-state index contributed by atoms with van der Waals surface area (Å²) in [4.78, 5) is 12.3. The van der Waals surface area contributed by atoms with Gasteiger partial charge in [-0.3, -0.25) is 9.98 Å². The van der Waals surface area contributed by atoms with E-state index in [-0.39, 0.29) is 12.1 Å². The second-order valence-corrected chi connectivity index (χ2v) is 9.68. The Morgan fingerprint density at radius 2 is 1.96 bits per heavy atom. The smallest absolute Gasteiger partial charge is 0.160 e. The molecule has 0 amide bonds. The molecule has 0 unspecified atom stereocenters. The Morgan fingerprint density at radius 3 is 2.70 bits per heavy atom. The summed E-state index contributed by atoms with van der Waals surface area (Å²) in [5.74, 6) is 0. The van der Waals surface area contributed by atoms with Gasteiger partial charge >= 0.3 is 0 Å². The second-order valence-electron chi connectivity index (χ2n) is 8.27. The summed E-state index contributed by atoms with van der Waals surface area (Å²) in [5.41, 5.74) is 5.38. The molecule has 5 rings (SSSR count). The highest BCUT2D eigenvalue weighted by molar-refractivity contribution is 8.14. The van der Waals surface area contributed by atoms with Crippen LogP contribution in [0.5, 0.6) is 0 Å². The molecule has 142 valence electrons. The maximum Gasteiger partial charge on any atom is 0.160 e. The lowest BCUT2D eigenvalue weighted by molar-refractivity contribution is 0.319. The van der Waals surface area contributed by atoms with Gasteiger partial charge in [0.05, 0.1) is 11.7 Å². The molecule has 2 fully saturated rings. The van der Waals surface area contributed by atoms with Crippen LogP contribution in [0.2, 0.25) is 0 Å². The first-order chi connectivity index (χ1) is 13.1. The number of amidine groups is 1. The minimum Gasteiger partial charge on any atom is -0.346 e. The van der Waals surface area contributed by atoms with Crippen LogP contribution in [0.3, 0.4) is 0 Å². The van der Waals surface area contributed by atoms with E-state index >= 15 is 0 Å². The lowest BCUT2D eigenvalue weighted by Crippen LogP contribution is -2.29. The molecule has 4 heterocycles. The Kier molecular flexibility index (Phi) is 4.30. The number of fused-ring (bicyclic) bond motifs is 1. The van der Waals surface area contributed by atoms with Gasteiger partial charge in [-0.05, 0) is 50.5 Å². The first kappa shape index (κ1) is 17.4. The molecule has 27 heavy (non-hydrogen) atoms. The van der Waals surface area contributed by atoms with E-state index in [1.807, 2.05) is 24.0 Å². The molecular formula is C22H28N4S. The fourth-order valence-corrected chi connectivity index (χ4v) is 6.37. The SMILES string of the molecule is Cc1cc([C@H]2[C@H](c3ccccn3)N=C3S[C@@H](C)CN32)c(C)n1C1CCCC1. The van der Waals surface area contributed by atoms with Crippen molar-refractivity contribution in [2.75, 3.05) is 6.54 Å². The topological polar surface area (TPSA) is 33.4 Å². The molecule has 0 spiro atoms. The van der Waals surface area contributed by atoms with Crippen LogP contribution < -0.4 is 0 Å². The zero-order valence-electron chi connectivity index (χ0n) is 16.4. The number of aromatic nitrogens is 2. The Balaban J connectivity index is 1.58. The first-order valence-corrected chi connectivity index (χ1v) is 11.1. The maximum atomic E-state index is 5.14. The molecule has 5 heteroatoms. The molecule has 2 aliphatic heterocycles. The summed E-state index contributed by atoms with van der Waals surface area (Å²) >= 11 is 1.92. The van der Waals surface area contributed by atoms with Crippen molar-refractivity contribution in [1.29, 1.82) is 0 Å². The summed E-state index contributed by atoms with van der Waals surface area (Å²) in [6.45, 7) is 7.98. The number of nitrogens with zero attached hydrogens (tertiary/aromatic N) is 4. The third-order valence-electron chi connectivity index (χ3n) is 6.41. The molecule has 0 bridgehead atoms. The highest BCUT2D eigenvalue weighted by Gasteiger charge is 2.44. The molecule has 0 N–H and O–H groups in total. The van der Waals surface area contributed by atoms with Gasteiger partial charge in [-0.25, -0.2) is 0 Å². The second kappa shape index (κ2) is 6.69. The molecular weight excluding hydrogens is 352 g/mol. The molecule has 4 nitrogen and oxygen atoms in total. The van der Waals surface area contributed by atoms with Crippen molar-refractivity contribution in [3.8, 4) is 0 Å². The summed E-state index contributed by atoms with van der Waals surface area (Å²) in [5, 5.41) is 1.81. The predicted molar refractivity (Wildman–Crippen MR) is 112 cm³/mol. The third-order valence-corrected chi connectivity index (χ3v) is 7.52. The molecule has 1 saturated carbocycles. The average Bonchev–Trinajstić information content (AvgIpc) is 3.40. The van der Waals surface area contributed by atoms with Gasteiger partial charge in [0.1, 0.15) is 6.04 Å². The quantitative estimate of drug-likeness (QED) is 0.733. The molecule has 0 aromatic carbocycles. The van der Waals surface area contributed by atoms with E-state index < -0.39 is 0 Å². The van der Waals surface area contributed by atoms with Gasteiger partial charge in [0, 0.05) is 35.4 Å². The number of rotatable bonds is 3. The van der Waals surface area contributed by atoms with E-state index in [1.54, 1.807) is 0 Å². The lowest BCUT2D eigenvalue weighted by Gasteiger charge is -2.28. The van der Waals surface area contributed by atoms with Crippen molar-refractivity contribution in [3.63, 3.8) is 0 Å². The Bertz CT molecular complexity index is 866. The number of thioether (sulfide) groups is 1. The van der Waals surface area contributed by atoms with Crippen LogP contribution in [0.4, 0.5) is 0 Å². The molecule has 2 aromatic heterocycles. The first-order valence-electron chi connectivity index (χ1n) is 10.2. The minimum atomic E-state index is 0.0960. The van der Waals surface area contributed by atoms with Gasteiger partial charge < -0.3 is 9.47 Å². The van der Waals surface area contributed by atoms with Gasteiger partial charge in [0.15, 0.2) is 5.17 Å². The van der Waals surface area contributed by atoms with Crippen LogP contribution in [0.1, 0.15) is 73.4 Å². The number of aryl methyl sites for hydroxylation is 1. The molecule has 3 aliphatic rings. The van der Waals surface area contributed by atoms with Gasteiger partial charge in [-0.1, -0.05) is 37.6 Å². The zero-order valence-corrected chi connectivity index (χ0v) is 17.2. The fraction of sp³-hybridized carbons (Fsp3) is 0.545. The normalized spacial score (nSPS) is 28.0. The number of pyridine rings is 1. The van der Waals surface area contributed by atoms with E-state index in [9.17, 15) is 0 Å². The summed E-state index contributed by atoms with van der Waals surface area (Å²) in [7, 11) is 0. The monoisotopic (exact) mass is 380 g/mol. The van der Waals surface area contributed by atoms with Crippen molar-refractivity contribution in [2.45, 2.75) is 69.8 Å². The fourth-order valence-electron chi connectivity index (χ4n) is 5.28. The highest BCUT2D eigenvalue weighted by atomic mass is 32.2. The van der Waals surface area contributed by atoms with Crippen molar-refractivity contribution < 1.29 is 0 Å². The molecule has 2 aromatic rings. The van der Waals surface area contributed by atoms with Gasteiger partial charge in [-0.2, -0.15) is 0 Å². The zero-order chi connectivity index (χ0) is 18.5. The average molecular weight is 381 g/mol.